The molecule has 0 fully saturated rings. The lowest BCUT2D eigenvalue weighted by molar-refractivity contribution is -0.160. The van der Waals surface area contributed by atoms with Gasteiger partial charge in [0.2, 0.25) is 0 Å². The summed E-state index contributed by atoms with van der Waals surface area (Å²) in [7, 11) is 1.45. The standard InChI is InChI=1S/C46H60N2O13/c1-13-19-48-27(9)30(45(56)58-14-2)32-35-40(53)33-31(36(32)48)34-42(26(8)39(33)52)61-46(11,43(34)54)59-20-18-29(57-12)23(5)41(60-28(10)49)25(7)38(51)24(6)37(50)21(3)16-15-17-22(4)44(55)47-35/h15-18,20-21,23-25,29,37-38,41,50-53H,13-14,19H2,1-12H3,(H,47,55). The number of rotatable bonds is 6. The van der Waals surface area contributed by atoms with Crippen LogP contribution in [0.4, 0.5) is 5.69 Å². The molecule has 2 aromatic carbocycles. The Morgan fingerprint density at radius 3 is 2.21 bits per heavy atom. The largest absolute Gasteiger partial charge is 0.507 e. The Bertz CT molecular complexity index is 2320. The number of phenols is 2. The van der Waals surface area contributed by atoms with E-state index in [-0.39, 0.29) is 62.0 Å². The van der Waals surface area contributed by atoms with Gasteiger partial charge in [-0.15, -0.1) is 0 Å². The summed E-state index contributed by atoms with van der Waals surface area (Å²) in [5.41, 5.74) is 0.808. The number of nitrogens with zero attached hydrogens (tertiary/aromatic N) is 1. The SMILES string of the molecule is CCCn1c(C)c(C(=O)OCC)c2c3c(O)c4c(O)c(C)c5c(c4c21)C(=O)C(C)(OC=CC(OC)C(C)C(OC(C)=O)C(C)C(O)C(C)C(O)C(C)C=CC=C(C)C(=O)N3)O5. The number of fused-ring (bicyclic) bond motifs is 1. The van der Waals surface area contributed by atoms with Crippen molar-refractivity contribution in [2.24, 2.45) is 23.7 Å². The van der Waals surface area contributed by atoms with Crippen LogP contribution in [0, 0.1) is 37.5 Å². The number of anilines is 1. The molecule has 9 unspecified atom stereocenters. The van der Waals surface area contributed by atoms with Gasteiger partial charge in [0.1, 0.15) is 17.6 Å². The van der Waals surface area contributed by atoms with Crippen LogP contribution in [-0.4, -0.2) is 92.5 Å². The molecule has 9 atom stereocenters. The van der Waals surface area contributed by atoms with E-state index in [2.05, 4.69) is 5.32 Å². The van der Waals surface area contributed by atoms with Gasteiger partial charge in [-0.25, -0.2) is 4.79 Å². The van der Waals surface area contributed by atoms with Crippen molar-refractivity contribution in [2.75, 3.05) is 19.0 Å². The molecule has 0 spiro atoms. The lowest BCUT2D eigenvalue weighted by Crippen LogP contribution is -2.46. The van der Waals surface area contributed by atoms with Crippen molar-refractivity contribution in [3.8, 4) is 17.2 Å². The molecule has 5 N–H and O–H groups in total. The number of hydrogen-bond donors (Lipinski definition) is 5. The quantitative estimate of drug-likeness (QED) is 0.126. The van der Waals surface area contributed by atoms with Crippen molar-refractivity contribution in [3.63, 3.8) is 0 Å². The molecule has 0 radical (unpaired) electrons. The summed E-state index contributed by atoms with van der Waals surface area (Å²) in [6.45, 7) is 18.3. The molecule has 0 aliphatic carbocycles. The van der Waals surface area contributed by atoms with Gasteiger partial charge in [-0.3, -0.25) is 14.4 Å². The Kier molecular flexibility index (Phi) is 14.0. The zero-order chi connectivity index (χ0) is 45.4. The average Bonchev–Trinajstić information content (AvgIpc) is 3.65. The van der Waals surface area contributed by atoms with E-state index in [1.165, 1.54) is 53.2 Å². The van der Waals surface area contributed by atoms with E-state index in [9.17, 15) is 39.6 Å². The van der Waals surface area contributed by atoms with Gasteiger partial charge in [0, 0.05) is 78.8 Å². The number of aliphatic hydroxyl groups excluding tert-OH is 2. The summed E-state index contributed by atoms with van der Waals surface area (Å²) in [4.78, 5) is 55.1. The third kappa shape index (κ3) is 8.35. The molecule has 5 rings (SSSR count). The van der Waals surface area contributed by atoms with E-state index in [0.717, 1.165) is 0 Å². The van der Waals surface area contributed by atoms with Crippen LogP contribution in [0.2, 0.25) is 0 Å². The normalized spacial score (nSPS) is 27.5. The fourth-order valence-electron chi connectivity index (χ4n) is 8.68. The molecule has 15 nitrogen and oxygen atoms in total. The van der Waals surface area contributed by atoms with Crippen LogP contribution in [0.3, 0.4) is 0 Å². The fourth-order valence-corrected chi connectivity index (χ4v) is 8.68. The summed E-state index contributed by atoms with van der Waals surface area (Å²) >= 11 is 0. The van der Waals surface area contributed by atoms with Crippen molar-refractivity contribution >= 4 is 51.0 Å². The van der Waals surface area contributed by atoms with Gasteiger partial charge in [0.15, 0.2) is 5.75 Å². The number of amides is 1. The lowest BCUT2D eigenvalue weighted by atomic mass is 9.78. The molecule has 1 amide bonds. The van der Waals surface area contributed by atoms with Crippen molar-refractivity contribution in [3.05, 3.63) is 58.5 Å². The van der Waals surface area contributed by atoms with E-state index >= 15 is 0 Å². The number of benzene rings is 2. The number of hydrogen-bond acceptors (Lipinski definition) is 13. The van der Waals surface area contributed by atoms with Crippen LogP contribution < -0.4 is 10.1 Å². The molecular weight excluding hydrogens is 789 g/mol. The predicted octanol–water partition coefficient (Wildman–Crippen LogP) is 6.90. The van der Waals surface area contributed by atoms with Crippen LogP contribution >= 0.6 is 0 Å². The number of ketones is 1. The molecule has 1 aromatic heterocycles. The van der Waals surface area contributed by atoms with E-state index in [1.807, 2.05) is 6.92 Å². The highest BCUT2D eigenvalue weighted by atomic mass is 16.7. The summed E-state index contributed by atoms with van der Waals surface area (Å²) < 4.78 is 31.3. The Morgan fingerprint density at radius 2 is 1.61 bits per heavy atom. The van der Waals surface area contributed by atoms with Crippen LogP contribution in [-0.2, 0) is 35.1 Å². The summed E-state index contributed by atoms with van der Waals surface area (Å²) in [6, 6.07) is 0. The first kappa shape index (κ1) is 46.7. The van der Waals surface area contributed by atoms with Crippen molar-refractivity contribution in [2.45, 2.75) is 119 Å². The maximum absolute atomic E-state index is 14.8. The molecule has 2 aliphatic rings. The number of aromatic nitrogens is 1. The van der Waals surface area contributed by atoms with E-state index in [4.69, 9.17) is 23.7 Å². The first-order valence-corrected chi connectivity index (χ1v) is 20.7. The second kappa shape index (κ2) is 18.3. The van der Waals surface area contributed by atoms with Crippen LogP contribution in [0.15, 0.2) is 36.1 Å². The maximum atomic E-state index is 14.8. The minimum atomic E-state index is -2.02. The molecule has 332 valence electrons. The number of ether oxygens (including phenoxy) is 5. The van der Waals surface area contributed by atoms with Crippen LogP contribution in [0.25, 0.3) is 21.7 Å². The van der Waals surface area contributed by atoms with Crippen LogP contribution in [0.5, 0.6) is 17.2 Å². The van der Waals surface area contributed by atoms with Crippen LogP contribution in [0.1, 0.15) is 101 Å². The lowest BCUT2D eigenvalue weighted by Gasteiger charge is -2.38. The Morgan fingerprint density at radius 1 is 0.934 bits per heavy atom. The smallest absolute Gasteiger partial charge is 0.340 e. The van der Waals surface area contributed by atoms with Crippen molar-refractivity contribution < 1.29 is 63.3 Å². The maximum Gasteiger partial charge on any atom is 0.340 e. The fraction of sp³-hybridized carbons (Fsp3) is 0.522. The molecule has 0 saturated carbocycles. The third-order valence-electron chi connectivity index (χ3n) is 12.2. The average molecular weight is 849 g/mol. The molecular formula is C46H60N2O13. The van der Waals surface area contributed by atoms with Gasteiger partial charge in [-0.05, 0) is 40.2 Å². The number of methoxy groups -OCH3 is 1. The number of nitrogens with one attached hydrogen (secondary N) is 1. The van der Waals surface area contributed by atoms with Crippen molar-refractivity contribution in [1.82, 2.24) is 4.57 Å². The third-order valence-corrected chi connectivity index (χ3v) is 12.2. The topological polar surface area (TPSA) is 212 Å². The monoisotopic (exact) mass is 848 g/mol. The van der Waals surface area contributed by atoms with Gasteiger partial charge in [-0.2, -0.15) is 0 Å². The number of Topliss-reactive ketones (excluding diaryl/α,β-unsaturated/α-hetero) is 1. The van der Waals surface area contributed by atoms with Gasteiger partial charge in [0.05, 0.1) is 58.9 Å². The highest BCUT2D eigenvalue weighted by Gasteiger charge is 2.50. The Balaban J connectivity index is 1.84. The first-order valence-electron chi connectivity index (χ1n) is 20.7. The summed E-state index contributed by atoms with van der Waals surface area (Å²) in [6.07, 6.45) is 4.21. The zero-order valence-electron chi connectivity index (χ0n) is 37.0. The van der Waals surface area contributed by atoms with E-state index < -0.39 is 89.0 Å². The van der Waals surface area contributed by atoms with E-state index in [0.29, 0.717) is 18.7 Å². The number of aromatic hydroxyl groups is 2. The molecule has 4 bridgehead atoms. The number of aryl methyl sites for hydroxylation is 1. The first-order chi connectivity index (χ1) is 28.7. The Labute approximate surface area is 355 Å². The van der Waals surface area contributed by atoms with E-state index in [1.54, 1.807) is 58.3 Å². The number of allylic oxidation sites excluding steroid dienone is 2. The summed E-state index contributed by atoms with van der Waals surface area (Å²) in [5.74, 6) is -8.22. The number of carbonyl (C=O) groups excluding carboxylic acids is 4. The molecule has 3 heterocycles. The molecule has 2 aliphatic heterocycles. The highest BCUT2D eigenvalue weighted by Crippen LogP contribution is 2.55. The van der Waals surface area contributed by atoms with Gasteiger partial charge < -0.3 is 54.0 Å². The molecule has 3 aromatic rings. The minimum Gasteiger partial charge on any atom is -0.507 e. The van der Waals surface area contributed by atoms with Gasteiger partial charge in [-0.1, -0.05) is 52.8 Å². The molecule has 61 heavy (non-hydrogen) atoms. The zero-order valence-corrected chi connectivity index (χ0v) is 37.0. The second-order valence-corrected chi connectivity index (χ2v) is 16.4. The number of phenolic OH excluding ortho intramolecular Hbond substituents is 2. The number of esters is 2. The number of aliphatic hydroxyl groups is 2. The second-order valence-electron chi connectivity index (χ2n) is 16.4. The minimum absolute atomic E-state index is 0.0148. The van der Waals surface area contributed by atoms with Crippen molar-refractivity contribution in [1.29, 1.82) is 0 Å². The molecule has 15 heteroatoms. The summed E-state index contributed by atoms with van der Waals surface area (Å²) in [5, 5.41) is 49.9. The highest BCUT2D eigenvalue weighted by molar-refractivity contribution is 6.31. The predicted molar refractivity (Wildman–Crippen MR) is 229 cm³/mol. The Hall–Kier alpha value is -5.38. The number of carbonyl (C=O) groups is 4. The van der Waals surface area contributed by atoms with Gasteiger partial charge in [0.25, 0.3) is 11.7 Å². The van der Waals surface area contributed by atoms with Gasteiger partial charge >= 0.3 is 17.7 Å². The molecule has 0 saturated heterocycles.